The molecule has 15 heavy (non-hydrogen) atoms. The minimum absolute atomic E-state index is 0.300. The zero-order chi connectivity index (χ0) is 10.9. The van der Waals surface area contributed by atoms with E-state index in [0.717, 1.165) is 17.9 Å². The van der Waals surface area contributed by atoms with Crippen molar-refractivity contribution in [1.29, 1.82) is 0 Å². The predicted molar refractivity (Wildman–Crippen MR) is 69.6 cm³/mol. The van der Waals surface area contributed by atoms with E-state index >= 15 is 0 Å². The zero-order valence-corrected chi connectivity index (χ0v) is 11.2. The molecule has 1 nitrogen and oxygen atoms in total. The highest BCUT2D eigenvalue weighted by Crippen LogP contribution is 2.55. The highest BCUT2D eigenvalue weighted by molar-refractivity contribution is 9.09. The van der Waals surface area contributed by atoms with Gasteiger partial charge in [-0.1, -0.05) is 58.8 Å². The lowest BCUT2D eigenvalue weighted by Gasteiger charge is -2.09. The van der Waals surface area contributed by atoms with Crippen LogP contribution in [0.5, 0.6) is 0 Å². The van der Waals surface area contributed by atoms with Gasteiger partial charge in [0.1, 0.15) is 7.14 Å². The number of benzene rings is 1. The van der Waals surface area contributed by atoms with E-state index in [1.54, 1.807) is 0 Å². The molecule has 2 unspecified atom stereocenters. The second-order valence-corrected chi connectivity index (χ2v) is 7.68. The molecule has 1 heterocycles. The monoisotopic (exact) mass is 284 g/mol. The van der Waals surface area contributed by atoms with Crippen LogP contribution in [0, 0.1) is 0 Å². The molecule has 0 aromatic heterocycles. The molecule has 0 bridgehead atoms. The highest BCUT2D eigenvalue weighted by atomic mass is 79.9. The van der Waals surface area contributed by atoms with Crippen molar-refractivity contribution < 1.29 is 4.57 Å². The second kappa shape index (κ2) is 4.27. The summed E-state index contributed by atoms with van der Waals surface area (Å²) >= 11 is 3.60. The van der Waals surface area contributed by atoms with E-state index in [9.17, 15) is 4.57 Å². The Morgan fingerprint density at radius 1 is 1.40 bits per heavy atom. The van der Waals surface area contributed by atoms with Gasteiger partial charge in [-0.15, -0.1) is 0 Å². The molecular weight excluding hydrogens is 271 g/mol. The first kappa shape index (κ1) is 11.2. The Balaban J connectivity index is 2.39. The maximum Gasteiger partial charge on any atom is 0.137 e. The van der Waals surface area contributed by atoms with Gasteiger partial charge in [0.25, 0.3) is 0 Å². The molecule has 1 aromatic carbocycles. The van der Waals surface area contributed by atoms with Gasteiger partial charge < -0.3 is 4.57 Å². The summed E-state index contributed by atoms with van der Waals surface area (Å²) in [6.45, 7) is 2.11. The van der Waals surface area contributed by atoms with Crippen LogP contribution >= 0.6 is 23.1 Å². The number of rotatable bonds is 2. The van der Waals surface area contributed by atoms with Crippen molar-refractivity contribution in [1.82, 2.24) is 0 Å². The normalized spacial score (nSPS) is 30.3. The SMILES string of the molecule is CCC1=CP(=O)(c2ccccc2)CC1Br. The van der Waals surface area contributed by atoms with Crippen LogP contribution in [0.2, 0.25) is 0 Å². The van der Waals surface area contributed by atoms with Crippen LogP contribution in [0.3, 0.4) is 0 Å². The van der Waals surface area contributed by atoms with Gasteiger partial charge in [-0.05, 0) is 12.2 Å². The van der Waals surface area contributed by atoms with E-state index < -0.39 is 7.14 Å². The molecule has 0 radical (unpaired) electrons. The fourth-order valence-electron chi connectivity index (χ4n) is 1.93. The molecule has 1 aromatic rings. The van der Waals surface area contributed by atoms with Crippen molar-refractivity contribution in [2.45, 2.75) is 18.2 Å². The largest absolute Gasteiger partial charge is 0.314 e. The summed E-state index contributed by atoms with van der Waals surface area (Å²) in [4.78, 5) is 0.300. The summed E-state index contributed by atoms with van der Waals surface area (Å²) in [5.41, 5.74) is 1.28. The van der Waals surface area contributed by atoms with E-state index in [1.165, 1.54) is 5.57 Å². The molecule has 0 N–H and O–H groups in total. The van der Waals surface area contributed by atoms with Crippen molar-refractivity contribution >= 4 is 28.4 Å². The van der Waals surface area contributed by atoms with Gasteiger partial charge in [-0.3, -0.25) is 0 Å². The highest BCUT2D eigenvalue weighted by Gasteiger charge is 2.33. The standard InChI is InChI=1S/C12H14BrOP/c1-2-10-8-15(14,9-12(10)13)11-6-4-3-5-7-11/h3-8,12H,2,9H2,1H3. The number of hydrogen-bond acceptors (Lipinski definition) is 1. The summed E-state index contributed by atoms with van der Waals surface area (Å²) in [5.74, 6) is 2.00. The predicted octanol–water partition coefficient (Wildman–Crippen LogP) is 3.75. The van der Waals surface area contributed by atoms with Crippen LogP contribution in [0.15, 0.2) is 41.7 Å². The second-order valence-electron chi connectivity index (χ2n) is 3.84. The van der Waals surface area contributed by atoms with Gasteiger partial charge in [-0.25, -0.2) is 0 Å². The van der Waals surface area contributed by atoms with Crippen LogP contribution in [-0.4, -0.2) is 11.0 Å². The molecule has 0 saturated heterocycles. The molecule has 80 valence electrons. The third-order valence-corrected chi connectivity index (χ3v) is 7.05. The van der Waals surface area contributed by atoms with Crippen LogP contribution in [0.1, 0.15) is 13.3 Å². The van der Waals surface area contributed by atoms with Crippen molar-refractivity contribution in [3.63, 3.8) is 0 Å². The van der Waals surface area contributed by atoms with Crippen LogP contribution in [-0.2, 0) is 4.57 Å². The van der Waals surface area contributed by atoms with Gasteiger partial charge in [-0.2, -0.15) is 0 Å². The quantitative estimate of drug-likeness (QED) is 0.597. The molecule has 0 aliphatic carbocycles. The van der Waals surface area contributed by atoms with Crippen molar-refractivity contribution in [2.24, 2.45) is 0 Å². The Bertz CT molecular complexity index is 425. The lowest BCUT2D eigenvalue weighted by Crippen LogP contribution is -2.07. The number of allylic oxidation sites excluding steroid dienone is 1. The first-order valence-corrected chi connectivity index (χ1v) is 8.03. The lowest BCUT2D eigenvalue weighted by molar-refractivity contribution is 0.588. The molecule has 1 aliphatic rings. The molecule has 3 heteroatoms. The van der Waals surface area contributed by atoms with E-state index in [0.29, 0.717) is 4.83 Å². The maximum absolute atomic E-state index is 12.7. The zero-order valence-electron chi connectivity index (χ0n) is 8.69. The molecule has 0 saturated carbocycles. The number of halogens is 1. The van der Waals surface area contributed by atoms with Gasteiger partial charge in [0.05, 0.1) is 0 Å². The Hall–Kier alpha value is -0.330. The molecular formula is C12H14BrOP. The van der Waals surface area contributed by atoms with Crippen LogP contribution in [0.4, 0.5) is 0 Å². The Kier molecular flexibility index (Phi) is 3.18. The smallest absolute Gasteiger partial charge is 0.137 e. The van der Waals surface area contributed by atoms with Gasteiger partial charge in [0, 0.05) is 16.3 Å². The molecule has 0 spiro atoms. The summed E-state index contributed by atoms with van der Waals surface area (Å²) in [6, 6.07) is 9.80. The van der Waals surface area contributed by atoms with E-state index in [1.807, 2.05) is 36.1 Å². The first-order chi connectivity index (χ1) is 7.15. The average molecular weight is 285 g/mol. The summed E-state index contributed by atoms with van der Waals surface area (Å²) in [7, 11) is -2.26. The van der Waals surface area contributed by atoms with E-state index in [4.69, 9.17) is 0 Å². The molecule has 0 amide bonds. The number of hydrogen-bond donors (Lipinski definition) is 0. The third kappa shape index (κ3) is 2.11. The molecule has 1 aliphatic heterocycles. The maximum atomic E-state index is 12.7. The fraction of sp³-hybridized carbons (Fsp3) is 0.333. The molecule has 2 rings (SSSR count). The Morgan fingerprint density at radius 2 is 2.07 bits per heavy atom. The summed E-state index contributed by atoms with van der Waals surface area (Å²) in [6.07, 6.45) is 1.72. The van der Waals surface area contributed by atoms with Gasteiger partial charge in [0.15, 0.2) is 0 Å². The average Bonchev–Trinajstić information content (AvgIpc) is 2.56. The Labute approximate surface area is 99.1 Å². The van der Waals surface area contributed by atoms with Crippen molar-refractivity contribution in [3.8, 4) is 0 Å². The van der Waals surface area contributed by atoms with E-state index in [-0.39, 0.29) is 0 Å². The fourth-order valence-corrected chi connectivity index (χ4v) is 6.63. The molecule has 2 atom stereocenters. The number of alkyl halides is 1. The topological polar surface area (TPSA) is 17.1 Å². The minimum Gasteiger partial charge on any atom is -0.314 e. The summed E-state index contributed by atoms with van der Waals surface area (Å²) < 4.78 is 12.7. The van der Waals surface area contributed by atoms with Crippen molar-refractivity contribution in [3.05, 3.63) is 41.7 Å². The van der Waals surface area contributed by atoms with Crippen molar-refractivity contribution in [2.75, 3.05) is 6.16 Å². The minimum atomic E-state index is -2.26. The summed E-state index contributed by atoms with van der Waals surface area (Å²) in [5, 5.41) is 0.984. The lowest BCUT2D eigenvalue weighted by atomic mass is 10.2. The first-order valence-electron chi connectivity index (χ1n) is 5.16. The molecule has 0 fully saturated rings. The third-order valence-electron chi connectivity index (χ3n) is 2.81. The van der Waals surface area contributed by atoms with Gasteiger partial charge in [0.2, 0.25) is 0 Å². The van der Waals surface area contributed by atoms with Crippen LogP contribution in [0.25, 0.3) is 0 Å². The Morgan fingerprint density at radius 3 is 2.60 bits per heavy atom. The van der Waals surface area contributed by atoms with Crippen LogP contribution < -0.4 is 5.30 Å². The van der Waals surface area contributed by atoms with E-state index in [2.05, 4.69) is 22.9 Å². The van der Waals surface area contributed by atoms with Gasteiger partial charge >= 0.3 is 0 Å².